The summed E-state index contributed by atoms with van der Waals surface area (Å²) in [5, 5.41) is 2.89. The number of hydrogen-bond acceptors (Lipinski definition) is 4. The number of likely N-dealkylation sites (tertiary alicyclic amines) is 1. The molecule has 0 radical (unpaired) electrons. The summed E-state index contributed by atoms with van der Waals surface area (Å²) in [5.41, 5.74) is 0. The molecule has 0 aliphatic carbocycles. The van der Waals surface area contributed by atoms with Crippen LogP contribution >= 0.6 is 0 Å². The Hall–Kier alpha value is -2.83. The fourth-order valence-corrected chi connectivity index (χ4v) is 3.07. The van der Waals surface area contributed by atoms with Crippen molar-refractivity contribution in [1.82, 2.24) is 10.2 Å². The van der Waals surface area contributed by atoms with Gasteiger partial charge in [0.2, 0.25) is 5.91 Å². The van der Waals surface area contributed by atoms with E-state index < -0.39 is 5.82 Å². The number of ether oxygens (including phenoxy) is 1. The van der Waals surface area contributed by atoms with E-state index in [1.165, 1.54) is 12.3 Å². The number of carbonyl (C=O) groups is 2. The minimum absolute atomic E-state index is 0.00834. The van der Waals surface area contributed by atoms with Crippen LogP contribution in [0.1, 0.15) is 29.8 Å². The molecule has 144 valence electrons. The molecule has 1 aliphatic heterocycles. The van der Waals surface area contributed by atoms with Crippen LogP contribution in [0.15, 0.2) is 47.1 Å². The lowest BCUT2D eigenvalue weighted by atomic mass is 9.95. The van der Waals surface area contributed by atoms with Crippen LogP contribution in [0.4, 0.5) is 4.39 Å². The number of nitrogens with zero attached hydrogens (tertiary/aromatic N) is 1. The van der Waals surface area contributed by atoms with E-state index in [1.807, 2.05) is 0 Å². The van der Waals surface area contributed by atoms with Gasteiger partial charge in [0.25, 0.3) is 5.91 Å². The van der Waals surface area contributed by atoms with E-state index in [0.717, 1.165) is 0 Å². The first-order valence-electron chi connectivity index (χ1n) is 9.13. The third kappa shape index (κ3) is 5.09. The van der Waals surface area contributed by atoms with E-state index in [9.17, 15) is 14.0 Å². The van der Waals surface area contributed by atoms with Crippen LogP contribution in [0.25, 0.3) is 0 Å². The van der Waals surface area contributed by atoms with Crippen molar-refractivity contribution in [3.05, 3.63) is 54.2 Å². The van der Waals surface area contributed by atoms with Gasteiger partial charge in [-0.1, -0.05) is 12.1 Å². The van der Waals surface area contributed by atoms with Gasteiger partial charge < -0.3 is 19.4 Å². The molecule has 1 aromatic carbocycles. The number of halogens is 1. The monoisotopic (exact) mass is 374 g/mol. The summed E-state index contributed by atoms with van der Waals surface area (Å²) in [6.45, 7) is 1.87. The van der Waals surface area contributed by atoms with Gasteiger partial charge in [0.15, 0.2) is 17.3 Å². The molecule has 6 nitrogen and oxygen atoms in total. The van der Waals surface area contributed by atoms with Crippen molar-refractivity contribution in [1.29, 1.82) is 0 Å². The van der Waals surface area contributed by atoms with Crippen LogP contribution in [0.3, 0.4) is 0 Å². The minimum atomic E-state index is -0.391. The fraction of sp³-hybridized carbons (Fsp3) is 0.400. The average molecular weight is 374 g/mol. The predicted molar refractivity (Wildman–Crippen MR) is 96.9 cm³/mol. The Balaban J connectivity index is 1.33. The number of hydrogen-bond donors (Lipinski definition) is 1. The van der Waals surface area contributed by atoms with Crippen LogP contribution in [-0.4, -0.2) is 43.0 Å². The van der Waals surface area contributed by atoms with Gasteiger partial charge in [0, 0.05) is 25.6 Å². The number of rotatable bonds is 7. The second-order valence-corrected chi connectivity index (χ2v) is 6.47. The zero-order chi connectivity index (χ0) is 19.1. The molecule has 0 bridgehead atoms. The Morgan fingerprint density at radius 3 is 2.67 bits per heavy atom. The third-order valence-electron chi connectivity index (χ3n) is 4.60. The molecule has 2 heterocycles. The predicted octanol–water partition coefficient (Wildman–Crippen LogP) is 2.86. The van der Waals surface area contributed by atoms with Crippen molar-refractivity contribution in [3.63, 3.8) is 0 Å². The lowest BCUT2D eigenvalue weighted by Crippen LogP contribution is -2.43. The van der Waals surface area contributed by atoms with Crippen LogP contribution < -0.4 is 10.1 Å². The molecule has 1 aliphatic rings. The highest BCUT2D eigenvalue weighted by molar-refractivity contribution is 5.91. The second kappa shape index (κ2) is 9.21. The van der Waals surface area contributed by atoms with E-state index in [-0.39, 0.29) is 23.5 Å². The summed E-state index contributed by atoms with van der Waals surface area (Å²) in [6, 6.07) is 9.57. The number of nitrogens with one attached hydrogen (secondary N) is 1. The zero-order valence-electron chi connectivity index (χ0n) is 15.0. The van der Waals surface area contributed by atoms with Crippen LogP contribution in [0.5, 0.6) is 5.75 Å². The van der Waals surface area contributed by atoms with Gasteiger partial charge in [-0.05, 0) is 43.5 Å². The molecule has 2 aromatic rings. The number of amides is 2. The van der Waals surface area contributed by atoms with Gasteiger partial charge in [0.05, 0.1) is 12.9 Å². The molecule has 0 unspecified atom stereocenters. The minimum Gasteiger partial charge on any atom is -0.490 e. The van der Waals surface area contributed by atoms with Crippen LogP contribution in [-0.2, 0) is 4.79 Å². The molecule has 1 aromatic heterocycles. The summed E-state index contributed by atoms with van der Waals surface area (Å²) < 4.78 is 23.9. The first-order chi connectivity index (χ1) is 13.1. The van der Waals surface area contributed by atoms with Crippen molar-refractivity contribution in [2.75, 3.05) is 26.2 Å². The van der Waals surface area contributed by atoms with Gasteiger partial charge in [-0.2, -0.15) is 0 Å². The molecule has 0 atom stereocenters. The number of benzene rings is 1. The Morgan fingerprint density at radius 2 is 1.96 bits per heavy atom. The first kappa shape index (κ1) is 18.9. The number of piperidine rings is 1. The average Bonchev–Trinajstić information content (AvgIpc) is 3.23. The lowest BCUT2D eigenvalue weighted by Gasteiger charge is -2.30. The quantitative estimate of drug-likeness (QED) is 0.757. The third-order valence-corrected chi connectivity index (χ3v) is 4.60. The van der Waals surface area contributed by atoms with Crippen molar-refractivity contribution >= 4 is 11.8 Å². The van der Waals surface area contributed by atoms with Gasteiger partial charge in [0.1, 0.15) is 0 Å². The SMILES string of the molecule is O=C(NCCCOc1ccccc1F)C1CCN(C(=O)c2ccco2)CC1. The van der Waals surface area contributed by atoms with Crippen LogP contribution in [0, 0.1) is 11.7 Å². The molecule has 27 heavy (non-hydrogen) atoms. The Labute approximate surface area is 157 Å². The second-order valence-electron chi connectivity index (χ2n) is 6.47. The molecule has 7 heteroatoms. The van der Waals surface area contributed by atoms with Crippen molar-refractivity contribution in [3.8, 4) is 5.75 Å². The van der Waals surface area contributed by atoms with Gasteiger partial charge in [-0.15, -0.1) is 0 Å². The normalized spacial score (nSPS) is 14.8. The molecule has 1 fully saturated rings. The summed E-state index contributed by atoms with van der Waals surface area (Å²) in [7, 11) is 0. The summed E-state index contributed by atoms with van der Waals surface area (Å²) in [5.74, 6) is -0.0872. The summed E-state index contributed by atoms with van der Waals surface area (Å²) in [4.78, 5) is 26.2. The van der Waals surface area contributed by atoms with Gasteiger partial charge in [-0.25, -0.2) is 4.39 Å². The van der Waals surface area contributed by atoms with E-state index in [0.29, 0.717) is 51.3 Å². The van der Waals surface area contributed by atoms with E-state index >= 15 is 0 Å². The molecule has 0 saturated carbocycles. The first-order valence-corrected chi connectivity index (χ1v) is 9.13. The number of carbonyl (C=O) groups excluding carboxylic acids is 2. The van der Waals surface area contributed by atoms with Crippen molar-refractivity contribution < 1.29 is 23.1 Å². The maximum absolute atomic E-state index is 13.4. The number of para-hydroxylation sites is 1. The van der Waals surface area contributed by atoms with Crippen LogP contribution in [0.2, 0.25) is 0 Å². The highest BCUT2D eigenvalue weighted by atomic mass is 19.1. The molecule has 0 spiro atoms. The van der Waals surface area contributed by atoms with Gasteiger partial charge >= 0.3 is 0 Å². The van der Waals surface area contributed by atoms with Gasteiger partial charge in [-0.3, -0.25) is 9.59 Å². The van der Waals surface area contributed by atoms with E-state index in [4.69, 9.17) is 9.15 Å². The Morgan fingerprint density at radius 1 is 1.19 bits per heavy atom. The maximum Gasteiger partial charge on any atom is 0.289 e. The topological polar surface area (TPSA) is 71.8 Å². The standard InChI is InChI=1S/C20H23FN2O4/c21-16-5-1-2-6-17(16)26-14-4-10-22-19(24)15-8-11-23(12-9-15)20(25)18-7-3-13-27-18/h1-3,5-7,13,15H,4,8-12,14H2,(H,22,24). The summed E-state index contributed by atoms with van der Waals surface area (Å²) in [6.07, 6.45) is 3.33. The molecule has 2 amide bonds. The summed E-state index contributed by atoms with van der Waals surface area (Å²) >= 11 is 0. The maximum atomic E-state index is 13.4. The molecule has 1 N–H and O–H groups in total. The Bertz CT molecular complexity index is 755. The smallest absolute Gasteiger partial charge is 0.289 e. The molecule has 3 rings (SSSR count). The zero-order valence-corrected chi connectivity index (χ0v) is 15.0. The van der Waals surface area contributed by atoms with Crippen molar-refractivity contribution in [2.24, 2.45) is 5.92 Å². The molecular weight excluding hydrogens is 351 g/mol. The molecular formula is C20H23FN2O4. The van der Waals surface area contributed by atoms with Crippen molar-refractivity contribution in [2.45, 2.75) is 19.3 Å². The van der Waals surface area contributed by atoms with E-state index in [2.05, 4.69) is 5.32 Å². The molecule has 1 saturated heterocycles. The van der Waals surface area contributed by atoms with E-state index in [1.54, 1.807) is 35.2 Å². The lowest BCUT2D eigenvalue weighted by molar-refractivity contribution is -0.126. The largest absolute Gasteiger partial charge is 0.490 e. The highest BCUT2D eigenvalue weighted by Gasteiger charge is 2.28. The number of furan rings is 1. The highest BCUT2D eigenvalue weighted by Crippen LogP contribution is 2.19. The fourth-order valence-electron chi connectivity index (χ4n) is 3.07. The Kier molecular flexibility index (Phi) is 6.46.